The van der Waals surface area contributed by atoms with Crippen LogP contribution in [0.2, 0.25) is 0 Å². The number of hydrogen-bond donors (Lipinski definition) is 1. The molecule has 5 nitrogen and oxygen atoms in total. The van der Waals surface area contributed by atoms with Crippen LogP contribution in [0.1, 0.15) is 12.8 Å². The second-order valence-electron chi connectivity index (χ2n) is 5.28. The predicted molar refractivity (Wildman–Crippen MR) is 72.3 cm³/mol. The Labute approximate surface area is 111 Å². The van der Waals surface area contributed by atoms with Crippen LogP contribution >= 0.6 is 0 Å². The number of hydrogen-bond acceptors (Lipinski definition) is 5. The van der Waals surface area contributed by atoms with Gasteiger partial charge in [0, 0.05) is 45.7 Å². The minimum atomic E-state index is -0.291. The fourth-order valence-electron chi connectivity index (χ4n) is 2.27. The topological polar surface area (TPSA) is 53.7 Å². The Bertz CT molecular complexity index is 258. The highest BCUT2D eigenvalue weighted by Gasteiger charge is 2.17. The van der Waals surface area contributed by atoms with Gasteiger partial charge in [-0.3, -0.25) is 4.90 Å². The van der Waals surface area contributed by atoms with Gasteiger partial charge in [-0.15, -0.1) is 0 Å². The quantitative estimate of drug-likeness (QED) is 0.639. The van der Waals surface area contributed by atoms with E-state index in [1.807, 2.05) is 7.05 Å². The minimum Gasteiger partial charge on any atom is -0.390 e. The lowest BCUT2D eigenvalue weighted by Crippen LogP contribution is -2.48. The Morgan fingerprint density at radius 1 is 1.33 bits per heavy atom. The third-order valence-corrected chi connectivity index (χ3v) is 3.42. The van der Waals surface area contributed by atoms with E-state index >= 15 is 0 Å². The van der Waals surface area contributed by atoms with Crippen LogP contribution in [0.25, 0.3) is 0 Å². The molecule has 0 saturated carbocycles. The van der Waals surface area contributed by atoms with E-state index in [0.717, 1.165) is 45.7 Å². The Balaban J connectivity index is 2.12. The van der Waals surface area contributed by atoms with Crippen molar-refractivity contribution in [2.75, 3.05) is 59.9 Å². The fraction of sp³-hybridized carbons (Fsp3) is 0.923. The summed E-state index contributed by atoms with van der Waals surface area (Å²) in [5.41, 5.74) is 0. The molecule has 0 aromatic rings. The monoisotopic (exact) mass is 254 g/mol. The maximum atomic E-state index is 10.0. The summed E-state index contributed by atoms with van der Waals surface area (Å²) in [5.74, 6) is 0. The lowest BCUT2D eigenvalue weighted by atomic mass is 10.2. The number of β-amino-alcohol motifs (C(OH)–C–C–N with tert-alkyl or cyclic N) is 1. The SMILES string of the molecule is CN1CCN(CC(O)CN(C)CCCC#N)CC1. The summed E-state index contributed by atoms with van der Waals surface area (Å²) >= 11 is 0. The zero-order valence-corrected chi connectivity index (χ0v) is 11.7. The van der Waals surface area contributed by atoms with Crippen molar-refractivity contribution in [1.82, 2.24) is 14.7 Å². The van der Waals surface area contributed by atoms with Crippen molar-refractivity contribution in [1.29, 1.82) is 5.26 Å². The summed E-state index contributed by atoms with van der Waals surface area (Å²) < 4.78 is 0. The summed E-state index contributed by atoms with van der Waals surface area (Å²) in [6.45, 7) is 6.61. The van der Waals surface area contributed by atoms with Gasteiger partial charge in [-0.05, 0) is 27.1 Å². The van der Waals surface area contributed by atoms with E-state index < -0.39 is 0 Å². The molecular weight excluding hydrogens is 228 g/mol. The van der Waals surface area contributed by atoms with Crippen LogP contribution < -0.4 is 0 Å². The van der Waals surface area contributed by atoms with Gasteiger partial charge in [0.05, 0.1) is 12.2 Å². The molecule has 0 bridgehead atoms. The number of unbranched alkanes of at least 4 members (excludes halogenated alkanes) is 1. The Kier molecular flexibility index (Phi) is 7.21. The number of nitriles is 1. The highest BCUT2D eigenvalue weighted by molar-refractivity contribution is 4.74. The highest BCUT2D eigenvalue weighted by atomic mass is 16.3. The molecule has 1 unspecified atom stereocenters. The second-order valence-corrected chi connectivity index (χ2v) is 5.28. The number of aliphatic hydroxyl groups excluding tert-OH is 1. The molecule has 18 heavy (non-hydrogen) atoms. The molecule has 1 heterocycles. The maximum Gasteiger partial charge on any atom is 0.0793 e. The van der Waals surface area contributed by atoms with Gasteiger partial charge in [0.25, 0.3) is 0 Å². The van der Waals surface area contributed by atoms with Crippen molar-refractivity contribution in [2.24, 2.45) is 0 Å². The second kappa shape index (κ2) is 8.44. The summed E-state index contributed by atoms with van der Waals surface area (Å²) in [5, 5.41) is 18.5. The molecule has 1 saturated heterocycles. The van der Waals surface area contributed by atoms with E-state index in [9.17, 15) is 5.11 Å². The zero-order valence-electron chi connectivity index (χ0n) is 11.7. The van der Waals surface area contributed by atoms with Gasteiger partial charge >= 0.3 is 0 Å². The first-order valence-corrected chi connectivity index (χ1v) is 6.76. The normalized spacial score (nSPS) is 19.9. The first-order chi connectivity index (χ1) is 8.61. The summed E-state index contributed by atoms with van der Waals surface area (Å²) in [6, 6.07) is 2.14. The number of piperazine rings is 1. The number of aliphatic hydroxyl groups is 1. The zero-order chi connectivity index (χ0) is 13.4. The number of rotatable bonds is 7. The van der Waals surface area contributed by atoms with Crippen LogP contribution in [0.15, 0.2) is 0 Å². The van der Waals surface area contributed by atoms with Crippen LogP contribution in [0.4, 0.5) is 0 Å². The average Bonchev–Trinajstić information content (AvgIpc) is 2.32. The molecule has 0 amide bonds. The van der Waals surface area contributed by atoms with E-state index in [-0.39, 0.29) is 6.10 Å². The predicted octanol–water partition coefficient (Wildman–Crippen LogP) is -0.170. The van der Waals surface area contributed by atoms with E-state index in [2.05, 4.69) is 27.8 Å². The Morgan fingerprint density at radius 3 is 2.61 bits per heavy atom. The summed E-state index contributed by atoms with van der Waals surface area (Å²) in [4.78, 5) is 6.75. The van der Waals surface area contributed by atoms with Gasteiger partial charge in [0.15, 0.2) is 0 Å². The molecule has 1 atom stereocenters. The lowest BCUT2D eigenvalue weighted by Gasteiger charge is -2.34. The van der Waals surface area contributed by atoms with E-state index in [1.165, 1.54) is 0 Å². The van der Waals surface area contributed by atoms with E-state index in [1.54, 1.807) is 0 Å². The molecule has 1 rings (SSSR count). The molecule has 104 valence electrons. The van der Waals surface area contributed by atoms with Crippen molar-refractivity contribution in [3.05, 3.63) is 0 Å². The summed E-state index contributed by atoms with van der Waals surface area (Å²) in [7, 11) is 4.14. The molecule has 0 aromatic carbocycles. The Hall–Kier alpha value is -0.670. The number of likely N-dealkylation sites (N-methyl/N-ethyl adjacent to an activating group) is 2. The highest BCUT2D eigenvalue weighted by Crippen LogP contribution is 2.02. The van der Waals surface area contributed by atoms with Gasteiger partial charge in [0.1, 0.15) is 0 Å². The summed E-state index contributed by atoms with van der Waals surface area (Å²) in [6.07, 6.45) is 1.19. The van der Waals surface area contributed by atoms with Crippen molar-refractivity contribution in [3.63, 3.8) is 0 Å². The van der Waals surface area contributed by atoms with Crippen molar-refractivity contribution >= 4 is 0 Å². The first-order valence-electron chi connectivity index (χ1n) is 6.76. The van der Waals surface area contributed by atoms with Crippen molar-refractivity contribution in [3.8, 4) is 6.07 Å². The van der Waals surface area contributed by atoms with Crippen LogP contribution in [0, 0.1) is 11.3 Å². The van der Waals surface area contributed by atoms with Crippen molar-refractivity contribution in [2.45, 2.75) is 18.9 Å². The molecule has 1 N–H and O–H groups in total. The van der Waals surface area contributed by atoms with Crippen LogP contribution in [0.5, 0.6) is 0 Å². The largest absolute Gasteiger partial charge is 0.390 e. The molecule has 1 aliphatic rings. The average molecular weight is 254 g/mol. The van der Waals surface area contributed by atoms with Crippen LogP contribution in [-0.4, -0.2) is 85.8 Å². The van der Waals surface area contributed by atoms with Gasteiger partial charge in [-0.25, -0.2) is 0 Å². The van der Waals surface area contributed by atoms with Gasteiger partial charge in [0.2, 0.25) is 0 Å². The minimum absolute atomic E-state index is 0.291. The van der Waals surface area contributed by atoms with Gasteiger partial charge in [-0.2, -0.15) is 5.26 Å². The van der Waals surface area contributed by atoms with Gasteiger partial charge in [-0.1, -0.05) is 0 Å². The maximum absolute atomic E-state index is 10.0. The molecule has 5 heteroatoms. The lowest BCUT2D eigenvalue weighted by molar-refractivity contribution is 0.0606. The third-order valence-electron chi connectivity index (χ3n) is 3.42. The third kappa shape index (κ3) is 6.31. The molecule has 0 aliphatic carbocycles. The molecular formula is C13H26N4O. The van der Waals surface area contributed by atoms with E-state index in [0.29, 0.717) is 13.0 Å². The molecule has 0 radical (unpaired) electrons. The first kappa shape index (κ1) is 15.4. The standard InChI is InChI=1S/C13H26N4O/c1-15-7-9-17(10-8-15)12-13(18)11-16(2)6-4-3-5-14/h13,18H,3-4,6-12H2,1-2H3. The van der Waals surface area contributed by atoms with E-state index in [4.69, 9.17) is 5.26 Å². The Morgan fingerprint density at radius 2 is 2.00 bits per heavy atom. The number of nitrogens with zero attached hydrogens (tertiary/aromatic N) is 4. The van der Waals surface area contributed by atoms with Crippen LogP contribution in [-0.2, 0) is 0 Å². The van der Waals surface area contributed by atoms with Gasteiger partial charge < -0.3 is 14.9 Å². The van der Waals surface area contributed by atoms with Crippen molar-refractivity contribution < 1.29 is 5.11 Å². The molecule has 1 aliphatic heterocycles. The fourth-order valence-corrected chi connectivity index (χ4v) is 2.27. The van der Waals surface area contributed by atoms with Crippen LogP contribution in [0.3, 0.4) is 0 Å². The molecule has 0 spiro atoms. The molecule has 0 aromatic heterocycles. The smallest absolute Gasteiger partial charge is 0.0793 e. The molecule has 1 fully saturated rings.